The lowest BCUT2D eigenvalue weighted by Gasteiger charge is -2.32. The van der Waals surface area contributed by atoms with E-state index in [1.807, 2.05) is 39.8 Å². The molecule has 2 aliphatic heterocycles. The first-order chi connectivity index (χ1) is 10.3. The fraction of sp³-hybridized carbons (Fsp3) is 0.647. The van der Waals surface area contributed by atoms with Crippen LogP contribution in [0, 0.1) is 5.82 Å². The van der Waals surface area contributed by atoms with Gasteiger partial charge in [0.2, 0.25) is 0 Å². The molecule has 1 aromatic carbocycles. The molecule has 0 aromatic heterocycles. The quantitative estimate of drug-likeness (QED) is 0.784. The molecule has 2 saturated heterocycles. The van der Waals surface area contributed by atoms with Crippen molar-refractivity contribution in [3.63, 3.8) is 0 Å². The normalized spacial score (nSPS) is 23.9. The van der Waals surface area contributed by atoms with Crippen molar-refractivity contribution in [1.29, 1.82) is 0 Å². The predicted molar refractivity (Wildman–Crippen MR) is 88.2 cm³/mol. The van der Waals surface area contributed by atoms with E-state index in [-0.39, 0.29) is 5.82 Å². The number of hydrogen-bond donors (Lipinski definition) is 0. The van der Waals surface area contributed by atoms with Gasteiger partial charge in [-0.2, -0.15) is 0 Å². The van der Waals surface area contributed by atoms with E-state index in [2.05, 4.69) is 4.90 Å². The number of nitrogens with zero attached hydrogens (tertiary/aromatic N) is 1. The lowest BCUT2D eigenvalue weighted by atomic mass is 9.79. The molecular formula is C17H25BFNO2. The Morgan fingerprint density at radius 3 is 2.14 bits per heavy atom. The van der Waals surface area contributed by atoms with Crippen LogP contribution in [0.1, 0.15) is 47.0 Å². The zero-order valence-corrected chi connectivity index (χ0v) is 14.0. The minimum atomic E-state index is -0.505. The maximum Gasteiger partial charge on any atom is 0.494 e. The van der Waals surface area contributed by atoms with Gasteiger partial charge in [0.15, 0.2) is 0 Å². The van der Waals surface area contributed by atoms with E-state index in [0.29, 0.717) is 5.69 Å². The molecule has 0 bridgehead atoms. The molecular weight excluding hydrogens is 280 g/mol. The van der Waals surface area contributed by atoms with Crippen LogP contribution in [0.25, 0.3) is 0 Å². The van der Waals surface area contributed by atoms with Crippen molar-refractivity contribution < 1.29 is 13.7 Å². The second-order valence-electron chi connectivity index (χ2n) is 7.35. The number of hydrogen-bond acceptors (Lipinski definition) is 3. The Morgan fingerprint density at radius 2 is 1.59 bits per heavy atom. The van der Waals surface area contributed by atoms with Gasteiger partial charge in [-0.1, -0.05) is 6.07 Å². The van der Waals surface area contributed by atoms with Gasteiger partial charge in [-0.15, -0.1) is 0 Å². The van der Waals surface area contributed by atoms with Crippen molar-refractivity contribution in [2.45, 2.75) is 58.2 Å². The van der Waals surface area contributed by atoms with Gasteiger partial charge < -0.3 is 14.2 Å². The lowest BCUT2D eigenvalue weighted by Crippen LogP contribution is -2.41. The zero-order chi connectivity index (χ0) is 16.0. The fourth-order valence-corrected chi connectivity index (χ4v) is 3.04. The molecule has 5 heteroatoms. The third-order valence-corrected chi connectivity index (χ3v) is 5.19. The molecule has 0 spiro atoms. The van der Waals surface area contributed by atoms with Gasteiger partial charge >= 0.3 is 7.12 Å². The summed E-state index contributed by atoms with van der Waals surface area (Å²) >= 11 is 0. The summed E-state index contributed by atoms with van der Waals surface area (Å²) in [5.74, 6) is -0.186. The smallest absolute Gasteiger partial charge is 0.399 e. The summed E-state index contributed by atoms with van der Waals surface area (Å²) in [5.41, 5.74) is 0.635. The summed E-state index contributed by atoms with van der Waals surface area (Å²) in [6.07, 6.45) is 3.51. The molecule has 0 radical (unpaired) electrons. The molecule has 0 atom stereocenters. The van der Waals surface area contributed by atoms with Crippen molar-refractivity contribution in [2.75, 3.05) is 18.0 Å². The van der Waals surface area contributed by atoms with Gasteiger partial charge in [0.25, 0.3) is 0 Å². The minimum absolute atomic E-state index is 0.186. The molecule has 120 valence electrons. The monoisotopic (exact) mass is 305 g/mol. The molecule has 0 saturated carbocycles. The second kappa shape index (κ2) is 5.53. The third kappa shape index (κ3) is 2.76. The first-order valence-electron chi connectivity index (χ1n) is 8.20. The van der Waals surface area contributed by atoms with Gasteiger partial charge in [-0.3, -0.25) is 0 Å². The molecule has 3 rings (SSSR count). The van der Waals surface area contributed by atoms with Crippen LogP contribution in [0.2, 0.25) is 0 Å². The first-order valence-corrected chi connectivity index (χ1v) is 8.20. The second-order valence-corrected chi connectivity index (χ2v) is 7.35. The van der Waals surface area contributed by atoms with Crippen molar-refractivity contribution in [3.05, 3.63) is 24.0 Å². The highest BCUT2D eigenvalue weighted by Crippen LogP contribution is 2.36. The van der Waals surface area contributed by atoms with Crippen LogP contribution in [0.3, 0.4) is 0 Å². The van der Waals surface area contributed by atoms with Crippen LogP contribution >= 0.6 is 0 Å². The average Bonchev–Trinajstić information content (AvgIpc) is 2.68. The van der Waals surface area contributed by atoms with Crippen LogP contribution in [0.5, 0.6) is 0 Å². The highest BCUT2D eigenvalue weighted by molar-refractivity contribution is 6.62. The Labute approximate surface area is 132 Å². The Hall–Kier alpha value is -1.07. The van der Waals surface area contributed by atoms with Gasteiger partial charge in [0, 0.05) is 13.1 Å². The summed E-state index contributed by atoms with van der Waals surface area (Å²) in [6.45, 7) is 9.90. The van der Waals surface area contributed by atoms with Crippen LogP contribution in [-0.4, -0.2) is 31.4 Å². The van der Waals surface area contributed by atoms with E-state index in [1.54, 1.807) is 6.07 Å². The molecule has 0 unspecified atom stereocenters. The Kier molecular flexibility index (Phi) is 3.98. The maximum atomic E-state index is 14.5. The van der Waals surface area contributed by atoms with Gasteiger partial charge in [-0.05, 0) is 64.6 Å². The first kappa shape index (κ1) is 15.8. The molecule has 2 fully saturated rings. The standard InChI is InChI=1S/C17H25BFNO2/c1-16(2)17(3,4)22-18(21-16)13-8-9-15(14(19)12-13)20-10-6-5-7-11-20/h8-9,12H,5-7,10-11H2,1-4H3. The molecule has 0 amide bonds. The number of benzene rings is 1. The molecule has 0 N–H and O–H groups in total. The predicted octanol–water partition coefficient (Wildman–Crippen LogP) is 3.12. The zero-order valence-electron chi connectivity index (χ0n) is 14.0. The van der Waals surface area contributed by atoms with Crippen molar-refractivity contribution in [1.82, 2.24) is 0 Å². The van der Waals surface area contributed by atoms with Crippen molar-refractivity contribution in [2.24, 2.45) is 0 Å². The highest BCUT2D eigenvalue weighted by atomic mass is 19.1. The molecule has 0 aliphatic carbocycles. The van der Waals surface area contributed by atoms with Crippen LogP contribution < -0.4 is 10.4 Å². The molecule has 2 aliphatic rings. The van der Waals surface area contributed by atoms with Crippen LogP contribution in [0.15, 0.2) is 18.2 Å². The summed E-state index contributed by atoms with van der Waals surface area (Å²) in [4.78, 5) is 2.13. The molecule has 3 nitrogen and oxygen atoms in total. The van der Waals surface area contributed by atoms with E-state index in [9.17, 15) is 4.39 Å². The third-order valence-electron chi connectivity index (χ3n) is 5.19. The van der Waals surface area contributed by atoms with Crippen LogP contribution in [-0.2, 0) is 9.31 Å². The summed E-state index contributed by atoms with van der Waals surface area (Å²) in [7, 11) is -0.505. The molecule has 22 heavy (non-hydrogen) atoms. The van der Waals surface area contributed by atoms with E-state index in [1.165, 1.54) is 6.42 Å². The summed E-state index contributed by atoms with van der Waals surface area (Å²) in [6, 6.07) is 5.35. The number of halogens is 1. The number of anilines is 1. The lowest BCUT2D eigenvalue weighted by molar-refractivity contribution is 0.00578. The minimum Gasteiger partial charge on any atom is -0.399 e. The van der Waals surface area contributed by atoms with Crippen molar-refractivity contribution in [3.8, 4) is 0 Å². The van der Waals surface area contributed by atoms with E-state index < -0.39 is 18.3 Å². The topological polar surface area (TPSA) is 21.7 Å². The summed E-state index contributed by atoms with van der Waals surface area (Å²) in [5, 5.41) is 0. The number of rotatable bonds is 2. The van der Waals surface area contributed by atoms with Crippen molar-refractivity contribution >= 4 is 18.3 Å². The molecule has 1 aromatic rings. The van der Waals surface area contributed by atoms with E-state index in [4.69, 9.17) is 9.31 Å². The average molecular weight is 305 g/mol. The van der Waals surface area contributed by atoms with Gasteiger partial charge in [0.05, 0.1) is 16.9 Å². The SMILES string of the molecule is CC1(C)OB(c2ccc(N3CCCCC3)c(F)c2)OC1(C)C. The van der Waals surface area contributed by atoms with Crippen LogP contribution in [0.4, 0.5) is 10.1 Å². The Morgan fingerprint density at radius 1 is 1.00 bits per heavy atom. The largest absolute Gasteiger partial charge is 0.494 e. The maximum absolute atomic E-state index is 14.5. The fourth-order valence-electron chi connectivity index (χ4n) is 3.04. The number of piperidine rings is 1. The highest BCUT2D eigenvalue weighted by Gasteiger charge is 2.51. The summed E-state index contributed by atoms with van der Waals surface area (Å²) < 4.78 is 26.5. The van der Waals surface area contributed by atoms with E-state index in [0.717, 1.165) is 31.4 Å². The van der Waals surface area contributed by atoms with Gasteiger partial charge in [0.1, 0.15) is 5.82 Å². The Balaban J connectivity index is 1.81. The molecule has 2 heterocycles. The van der Waals surface area contributed by atoms with Gasteiger partial charge in [-0.25, -0.2) is 4.39 Å². The van der Waals surface area contributed by atoms with E-state index >= 15 is 0 Å². The Bertz CT molecular complexity index is 540.